The van der Waals surface area contributed by atoms with Gasteiger partial charge in [0.05, 0.1) is 28.3 Å². The van der Waals surface area contributed by atoms with E-state index in [4.69, 9.17) is 32.4 Å². The molecule has 1 fully saturated rings. The van der Waals surface area contributed by atoms with Crippen molar-refractivity contribution in [2.45, 2.75) is 39.5 Å². The molecule has 0 aliphatic carbocycles. The van der Waals surface area contributed by atoms with Crippen LogP contribution in [-0.4, -0.2) is 46.7 Å². The molecule has 0 spiro atoms. The van der Waals surface area contributed by atoms with E-state index in [-0.39, 0.29) is 24.5 Å². The summed E-state index contributed by atoms with van der Waals surface area (Å²) in [5, 5.41) is 10.2. The Balaban J connectivity index is 1.49. The van der Waals surface area contributed by atoms with E-state index in [1.165, 1.54) is 0 Å². The molecule has 0 radical (unpaired) electrons. The molecule has 0 saturated carbocycles. The lowest BCUT2D eigenvalue weighted by Gasteiger charge is -2.33. The number of oxazole rings is 1. The highest BCUT2D eigenvalue weighted by atomic mass is 35.5. The third kappa shape index (κ3) is 5.71. The van der Waals surface area contributed by atoms with Gasteiger partial charge in [-0.2, -0.15) is 0 Å². The minimum Gasteiger partial charge on any atom is -0.481 e. The Morgan fingerprint density at radius 3 is 2.61 bits per heavy atom. The van der Waals surface area contributed by atoms with Gasteiger partial charge in [0.2, 0.25) is 5.89 Å². The fraction of sp³-hybridized carbons (Fsp3) is 0.500. The predicted octanol–water partition coefficient (Wildman–Crippen LogP) is 5.46. The lowest BCUT2D eigenvalue weighted by molar-refractivity contribution is -0.144. The third-order valence-electron chi connectivity index (χ3n) is 5.75. The number of hydrogen-bond donors (Lipinski definition) is 1. The van der Waals surface area contributed by atoms with Crippen molar-refractivity contribution in [1.82, 2.24) is 9.88 Å². The van der Waals surface area contributed by atoms with E-state index in [1.54, 1.807) is 23.1 Å². The molecule has 1 saturated heterocycles. The molecule has 1 N–H and O–H groups in total. The Bertz CT molecular complexity index is 938. The van der Waals surface area contributed by atoms with Crippen LogP contribution in [0.1, 0.15) is 37.6 Å². The van der Waals surface area contributed by atoms with Crippen molar-refractivity contribution >= 4 is 35.3 Å². The average Bonchev–Trinajstić information content (AvgIpc) is 3.11. The molecule has 1 amide bonds. The van der Waals surface area contributed by atoms with E-state index in [0.717, 1.165) is 5.56 Å². The van der Waals surface area contributed by atoms with E-state index in [1.807, 2.05) is 13.8 Å². The van der Waals surface area contributed by atoms with Crippen LogP contribution in [-0.2, 0) is 16.0 Å². The van der Waals surface area contributed by atoms with Gasteiger partial charge in [0.1, 0.15) is 5.76 Å². The molecule has 1 unspecified atom stereocenters. The number of likely N-dealkylation sites (tertiary alicyclic amines) is 1. The topological polar surface area (TPSA) is 92.9 Å². The Hall–Kier alpha value is -2.25. The quantitative estimate of drug-likeness (QED) is 0.579. The third-order valence-corrected chi connectivity index (χ3v) is 6.49. The molecule has 0 bridgehead atoms. The Morgan fingerprint density at radius 1 is 1.29 bits per heavy atom. The largest absolute Gasteiger partial charge is 0.481 e. The summed E-state index contributed by atoms with van der Waals surface area (Å²) in [6, 6.07) is 5.15. The number of carbonyl (C=O) groups excluding carboxylic acids is 1. The lowest BCUT2D eigenvalue weighted by atomic mass is 9.83. The summed E-state index contributed by atoms with van der Waals surface area (Å²) in [6.07, 6.45) is 2.00. The molecule has 1 aromatic heterocycles. The van der Waals surface area contributed by atoms with Gasteiger partial charge >= 0.3 is 12.1 Å². The molecule has 1 aromatic carbocycles. The predicted molar refractivity (Wildman–Crippen MR) is 117 cm³/mol. The maximum absolute atomic E-state index is 12.4. The maximum Gasteiger partial charge on any atom is 0.409 e. The van der Waals surface area contributed by atoms with Crippen LogP contribution in [0.3, 0.4) is 0 Å². The van der Waals surface area contributed by atoms with Gasteiger partial charge < -0.3 is 19.2 Å². The zero-order valence-corrected chi connectivity index (χ0v) is 19.1. The monoisotopic (exact) mass is 468 g/mol. The first-order valence-corrected chi connectivity index (χ1v) is 11.1. The zero-order valence-electron chi connectivity index (χ0n) is 17.6. The molecule has 168 valence electrons. The number of halogens is 2. The zero-order chi connectivity index (χ0) is 22.5. The molecule has 1 atom stereocenters. The number of rotatable bonds is 7. The highest BCUT2D eigenvalue weighted by molar-refractivity contribution is 6.42. The number of carboxylic acid groups (broad SMARTS) is 1. The molecule has 1 aliphatic rings. The van der Waals surface area contributed by atoms with Crippen LogP contribution in [0.25, 0.3) is 11.5 Å². The number of piperidine rings is 1. The molecule has 7 nitrogen and oxygen atoms in total. The van der Waals surface area contributed by atoms with Crippen molar-refractivity contribution in [3.05, 3.63) is 39.7 Å². The molecule has 1 aliphatic heterocycles. The van der Waals surface area contributed by atoms with Crippen molar-refractivity contribution in [2.75, 3.05) is 19.7 Å². The first-order valence-electron chi connectivity index (χ1n) is 10.4. The molecule has 31 heavy (non-hydrogen) atoms. The van der Waals surface area contributed by atoms with E-state index in [0.29, 0.717) is 66.2 Å². The summed E-state index contributed by atoms with van der Waals surface area (Å²) in [6.45, 7) is 4.90. The number of hydrogen-bond acceptors (Lipinski definition) is 5. The Kier molecular flexibility index (Phi) is 7.84. The van der Waals surface area contributed by atoms with E-state index in [2.05, 4.69) is 4.98 Å². The summed E-state index contributed by atoms with van der Waals surface area (Å²) in [7, 11) is 0. The van der Waals surface area contributed by atoms with Crippen LogP contribution >= 0.6 is 23.2 Å². The van der Waals surface area contributed by atoms with Gasteiger partial charge in [-0.3, -0.25) is 4.79 Å². The van der Waals surface area contributed by atoms with Crippen LogP contribution in [0.5, 0.6) is 0 Å². The number of aryl methyl sites for hydroxylation is 1. The fourth-order valence-electron chi connectivity index (χ4n) is 3.93. The van der Waals surface area contributed by atoms with Crippen molar-refractivity contribution in [2.24, 2.45) is 11.8 Å². The maximum atomic E-state index is 12.4. The second-order valence-corrected chi connectivity index (χ2v) is 8.51. The van der Waals surface area contributed by atoms with Gasteiger partial charge in [0.25, 0.3) is 0 Å². The fourth-order valence-corrected chi connectivity index (χ4v) is 4.23. The molecular weight excluding hydrogens is 443 g/mol. The van der Waals surface area contributed by atoms with Crippen molar-refractivity contribution < 1.29 is 23.8 Å². The molecule has 2 aromatic rings. The van der Waals surface area contributed by atoms with Crippen LogP contribution in [0, 0.1) is 18.8 Å². The van der Waals surface area contributed by atoms with Gasteiger partial charge in [-0.25, -0.2) is 9.78 Å². The number of carbonyl (C=O) groups is 2. The van der Waals surface area contributed by atoms with E-state index >= 15 is 0 Å². The van der Waals surface area contributed by atoms with Crippen LogP contribution in [0.2, 0.25) is 10.0 Å². The number of nitrogens with zero attached hydrogens (tertiary/aromatic N) is 2. The first kappa shape index (κ1) is 23.4. The smallest absolute Gasteiger partial charge is 0.409 e. The Morgan fingerprint density at radius 2 is 2.00 bits per heavy atom. The average molecular weight is 469 g/mol. The summed E-state index contributed by atoms with van der Waals surface area (Å²) >= 11 is 12.0. The standard InChI is InChI=1S/C22H26Cl2N2O5/c1-3-16(21(27)28)14-6-9-26(10-7-14)22(29)30-11-8-19-13(2)31-20(25-19)15-4-5-17(23)18(24)12-15/h4-5,12,14,16H,3,6-11H2,1-2H3,(H,27,28). The van der Waals surface area contributed by atoms with Crippen LogP contribution < -0.4 is 0 Å². The number of aliphatic carboxylic acids is 1. The first-order chi connectivity index (χ1) is 14.8. The minimum absolute atomic E-state index is 0.101. The lowest BCUT2D eigenvalue weighted by Crippen LogP contribution is -2.41. The van der Waals surface area contributed by atoms with Gasteiger partial charge in [-0.05, 0) is 50.3 Å². The molecule has 2 heterocycles. The minimum atomic E-state index is -0.758. The summed E-state index contributed by atoms with van der Waals surface area (Å²) < 4.78 is 11.1. The second-order valence-electron chi connectivity index (χ2n) is 7.69. The number of aromatic nitrogens is 1. The summed E-state index contributed by atoms with van der Waals surface area (Å²) in [5.74, 6) is 0.0782. The van der Waals surface area contributed by atoms with Gasteiger partial charge in [0.15, 0.2) is 0 Å². The summed E-state index contributed by atoms with van der Waals surface area (Å²) in [4.78, 5) is 29.8. The number of ether oxygens (including phenoxy) is 1. The van der Waals surface area contributed by atoms with Gasteiger partial charge in [-0.15, -0.1) is 0 Å². The van der Waals surface area contributed by atoms with Crippen LogP contribution in [0.4, 0.5) is 4.79 Å². The molecule has 3 rings (SSSR count). The van der Waals surface area contributed by atoms with E-state index < -0.39 is 5.97 Å². The van der Waals surface area contributed by atoms with Crippen molar-refractivity contribution in [3.63, 3.8) is 0 Å². The summed E-state index contributed by atoms with van der Waals surface area (Å²) in [5.41, 5.74) is 1.43. The second kappa shape index (κ2) is 10.4. The Labute approximate surface area is 191 Å². The molecular formula is C22H26Cl2N2O5. The molecule has 9 heteroatoms. The highest BCUT2D eigenvalue weighted by Gasteiger charge is 2.31. The van der Waals surface area contributed by atoms with Gasteiger partial charge in [0, 0.05) is 25.1 Å². The van der Waals surface area contributed by atoms with Crippen molar-refractivity contribution in [3.8, 4) is 11.5 Å². The SMILES string of the molecule is CCC(C(=O)O)C1CCN(C(=O)OCCc2nc(-c3ccc(Cl)c(Cl)c3)oc2C)CC1. The highest BCUT2D eigenvalue weighted by Crippen LogP contribution is 2.30. The van der Waals surface area contributed by atoms with E-state index in [9.17, 15) is 14.7 Å². The number of amides is 1. The van der Waals surface area contributed by atoms with Gasteiger partial charge in [-0.1, -0.05) is 30.1 Å². The van der Waals surface area contributed by atoms with Crippen molar-refractivity contribution in [1.29, 1.82) is 0 Å². The number of benzene rings is 1. The van der Waals surface area contributed by atoms with Crippen LogP contribution in [0.15, 0.2) is 22.6 Å². The number of carboxylic acids is 1. The normalized spacial score (nSPS) is 15.7.